The van der Waals surface area contributed by atoms with Crippen molar-refractivity contribution in [3.05, 3.63) is 21.9 Å². The summed E-state index contributed by atoms with van der Waals surface area (Å²) in [7, 11) is 0. The summed E-state index contributed by atoms with van der Waals surface area (Å²) in [6.45, 7) is 4.36. The van der Waals surface area contributed by atoms with Crippen LogP contribution in [-0.4, -0.2) is 35.0 Å². The van der Waals surface area contributed by atoms with E-state index in [4.69, 9.17) is 5.11 Å². The zero-order chi connectivity index (χ0) is 14.0. The molecule has 1 aliphatic rings. The number of carboxylic acid groups (broad SMARTS) is 1. The standard InChI is InChI=1S/C14H19NO3S/c1-3-5-15(8-12(16)17)14(18)11-7-10(11)13-9(2)4-6-19-13/h4,6,10-11H,3,5,7-8H2,1-2H3,(H,16,17)/t10-,11-/m1/s1. The fourth-order valence-electron chi connectivity index (χ4n) is 2.46. The first-order valence-electron chi connectivity index (χ1n) is 6.59. The number of rotatable bonds is 6. The third-order valence-electron chi connectivity index (χ3n) is 3.48. The Labute approximate surface area is 117 Å². The number of amides is 1. The first kappa shape index (κ1) is 14.1. The highest BCUT2D eigenvalue weighted by Crippen LogP contribution is 2.51. The van der Waals surface area contributed by atoms with E-state index < -0.39 is 5.97 Å². The predicted octanol–water partition coefficient (Wildman–Crippen LogP) is 2.48. The highest BCUT2D eigenvalue weighted by Gasteiger charge is 2.47. The molecule has 19 heavy (non-hydrogen) atoms. The van der Waals surface area contributed by atoms with Crippen molar-refractivity contribution in [1.29, 1.82) is 0 Å². The third kappa shape index (κ3) is 3.15. The molecule has 0 aliphatic heterocycles. The lowest BCUT2D eigenvalue weighted by Gasteiger charge is -2.20. The average Bonchev–Trinajstić information content (AvgIpc) is 3.03. The van der Waals surface area contributed by atoms with Gasteiger partial charge in [-0.25, -0.2) is 0 Å². The van der Waals surface area contributed by atoms with Crippen LogP contribution in [-0.2, 0) is 9.59 Å². The molecule has 5 heteroatoms. The van der Waals surface area contributed by atoms with Crippen molar-refractivity contribution in [1.82, 2.24) is 4.90 Å². The monoisotopic (exact) mass is 281 g/mol. The number of carbonyl (C=O) groups is 2. The maximum Gasteiger partial charge on any atom is 0.323 e. The van der Waals surface area contributed by atoms with Crippen molar-refractivity contribution in [3.8, 4) is 0 Å². The van der Waals surface area contributed by atoms with Gasteiger partial charge in [0.1, 0.15) is 6.54 Å². The molecule has 0 saturated heterocycles. The Bertz CT molecular complexity index is 483. The number of hydrogen-bond acceptors (Lipinski definition) is 3. The van der Waals surface area contributed by atoms with Gasteiger partial charge in [-0.2, -0.15) is 0 Å². The van der Waals surface area contributed by atoms with Crippen molar-refractivity contribution in [2.45, 2.75) is 32.6 Å². The molecule has 1 heterocycles. The summed E-state index contributed by atoms with van der Waals surface area (Å²) in [6.07, 6.45) is 1.65. The number of carboxylic acids is 1. The van der Waals surface area contributed by atoms with E-state index in [1.165, 1.54) is 15.3 Å². The Morgan fingerprint density at radius 1 is 1.53 bits per heavy atom. The Morgan fingerprint density at radius 2 is 2.26 bits per heavy atom. The molecule has 0 aromatic carbocycles. The molecule has 0 radical (unpaired) electrons. The lowest BCUT2D eigenvalue weighted by atomic mass is 10.2. The van der Waals surface area contributed by atoms with Crippen molar-refractivity contribution >= 4 is 23.2 Å². The minimum Gasteiger partial charge on any atom is -0.480 e. The molecule has 1 aromatic heterocycles. The highest BCUT2D eigenvalue weighted by atomic mass is 32.1. The molecule has 1 saturated carbocycles. The van der Waals surface area contributed by atoms with Gasteiger partial charge in [-0.1, -0.05) is 6.92 Å². The first-order valence-corrected chi connectivity index (χ1v) is 7.47. The number of carbonyl (C=O) groups excluding carboxylic acids is 1. The van der Waals surface area contributed by atoms with Crippen LogP contribution >= 0.6 is 11.3 Å². The van der Waals surface area contributed by atoms with E-state index >= 15 is 0 Å². The van der Waals surface area contributed by atoms with Gasteiger partial charge in [0.15, 0.2) is 0 Å². The fraction of sp³-hybridized carbons (Fsp3) is 0.571. The Balaban J connectivity index is 2.00. The Kier molecular flexibility index (Phi) is 4.24. The van der Waals surface area contributed by atoms with Gasteiger partial charge in [0, 0.05) is 23.3 Å². The smallest absolute Gasteiger partial charge is 0.323 e. The van der Waals surface area contributed by atoms with Gasteiger partial charge in [-0.3, -0.25) is 9.59 Å². The topological polar surface area (TPSA) is 57.6 Å². The molecular weight excluding hydrogens is 262 g/mol. The lowest BCUT2D eigenvalue weighted by Crippen LogP contribution is -2.37. The summed E-state index contributed by atoms with van der Waals surface area (Å²) >= 11 is 1.69. The summed E-state index contributed by atoms with van der Waals surface area (Å²) in [5.74, 6) is -0.641. The average molecular weight is 281 g/mol. The first-order chi connectivity index (χ1) is 9.04. The summed E-state index contributed by atoms with van der Waals surface area (Å²) in [5.41, 5.74) is 1.24. The molecule has 1 aliphatic carbocycles. The fourth-order valence-corrected chi connectivity index (χ4v) is 3.56. The van der Waals surface area contributed by atoms with E-state index in [2.05, 4.69) is 13.0 Å². The quantitative estimate of drug-likeness (QED) is 0.871. The lowest BCUT2D eigenvalue weighted by molar-refractivity contribution is -0.145. The largest absolute Gasteiger partial charge is 0.480 e. The van der Waals surface area contributed by atoms with Gasteiger partial charge in [-0.15, -0.1) is 11.3 Å². The number of thiophene rings is 1. The van der Waals surface area contributed by atoms with E-state index in [0.717, 1.165) is 12.8 Å². The molecule has 4 nitrogen and oxygen atoms in total. The maximum absolute atomic E-state index is 12.3. The van der Waals surface area contributed by atoms with E-state index in [0.29, 0.717) is 12.5 Å². The molecular formula is C14H19NO3S. The Hall–Kier alpha value is -1.36. The van der Waals surface area contributed by atoms with Gasteiger partial charge < -0.3 is 10.0 Å². The third-order valence-corrected chi connectivity index (χ3v) is 4.63. The molecule has 0 unspecified atom stereocenters. The zero-order valence-corrected chi connectivity index (χ0v) is 12.1. The zero-order valence-electron chi connectivity index (χ0n) is 11.3. The van der Waals surface area contributed by atoms with E-state index in [-0.39, 0.29) is 18.4 Å². The normalized spacial score (nSPS) is 21.2. The van der Waals surface area contributed by atoms with Crippen LogP contribution in [0.3, 0.4) is 0 Å². The van der Waals surface area contributed by atoms with Crippen LogP contribution in [0.5, 0.6) is 0 Å². The number of aliphatic carboxylic acids is 1. The van der Waals surface area contributed by atoms with Crippen molar-refractivity contribution in [2.75, 3.05) is 13.1 Å². The van der Waals surface area contributed by atoms with Crippen LogP contribution in [0.15, 0.2) is 11.4 Å². The molecule has 2 atom stereocenters. The van der Waals surface area contributed by atoms with Crippen LogP contribution < -0.4 is 0 Å². The summed E-state index contributed by atoms with van der Waals surface area (Å²) < 4.78 is 0. The molecule has 1 fully saturated rings. The van der Waals surface area contributed by atoms with Gasteiger partial charge in [0.25, 0.3) is 0 Å². The predicted molar refractivity (Wildman–Crippen MR) is 74.4 cm³/mol. The molecule has 0 spiro atoms. The van der Waals surface area contributed by atoms with Crippen molar-refractivity contribution in [2.24, 2.45) is 5.92 Å². The second-order valence-electron chi connectivity index (χ2n) is 5.07. The SMILES string of the molecule is CCCN(CC(=O)O)C(=O)[C@@H]1C[C@H]1c1sccc1C. The minimum absolute atomic E-state index is 0.00190. The molecule has 0 bridgehead atoms. The van der Waals surface area contributed by atoms with Gasteiger partial charge in [-0.05, 0) is 36.8 Å². The molecule has 1 N–H and O–H groups in total. The molecule has 1 amide bonds. The number of hydrogen-bond donors (Lipinski definition) is 1. The van der Waals surface area contributed by atoms with Crippen LogP contribution in [0.2, 0.25) is 0 Å². The highest BCUT2D eigenvalue weighted by molar-refractivity contribution is 7.10. The second kappa shape index (κ2) is 5.74. The Morgan fingerprint density at radius 3 is 2.79 bits per heavy atom. The molecule has 2 rings (SSSR count). The minimum atomic E-state index is -0.939. The van der Waals surface area contributed by atoms with Crippen LogP contribution in [0.1, 0.15) is 36.1 Å². The number of aryl methyl sites for hydroxylation is 1. The second-order valence-corrected chi connectivity index (χ2v) is 6.02. The van der Waals surface area contributed by atoms with Crippen molar-refractivity contribution in [3.63, 3.8) is 0 Å². The van der Waals surface area contributed by atoms with Gasteiger partial charge >= 0.3 is 5.97 Å². The number of nitrogens with zero attached hydrogens (tertiary/aromatic N) is 1. The summed E-state index contributed by atoms with van der Waals surface area (Å²) in [4.78, 5) is 25.9. The summed E-state index contributed by atoms with van der Waals surface area (Å²) in [5, 5.41) is 10.9. The van der Waals surface area contributed by atoms with E-state index in [1.54, 1.807) is 11.3 Å². The molecule has 104 valence electrons. The molecule has 1 aromatic rings. The van der Waals surface area contributed by atoms with E-state index in [9.17, 15) is 9.59 Å². The maximum atomic E-state index is 12.3. The van der Waals surface area contributed by atoms with Crippen LogP contribution in [0, 0.1) is 12.8 Å². The van der Waals surface area contributed by atoms with Gasteiger partial charge in [0.05, 0.1) is 0 Å². The van der Waals surface area contributed by atoms with Crippen LogP contribution in [0.25, 0.3) is 0 Å². The van der Waals surface area contributed by atoms with Gasteiger partial charge in [0.2, 0.25) is 5.91 Å². The summed E-state index contributed by atoms with van der Waals surface area (Å²) in [6, 6.07) is 2.07. The van der Waals surface area contributed by atoms with E-state index in [1.807, 2.05) is 12.3 Å². The van der Waals surface area contributed by atoms with Crippen molar-refractivity contribution < 1.29 is 14.7 Å². The van der Waals surface area contributed by atoms with Crippen LogP contribution in [0.4, 0.5) is 0 Å².